The first kappa shape index (κ1) is 29.0. The maximum absolute atomic E-state index is 12.8. The Labute approximate surface area is 235 Å². The smallest absolute Gasteiger partial charge is 0.324 e. The number of alkyl halides is 2. The summed E-state index contributed by atoms with van der Waals surface area (Å²) in [5.74, 6) is 0.280. The number of likely N-dealkylation sites (N-methyl/N-ethyl adjacent to an activating group) is 1. The summed E-state index contributed by atoms with van der Waals surface area (Å²) in [4.78, 5) is 37.6. The standard InChI is InChI=1S/C23H28Cl2N8O5S/c1-2-26-22(34)17-7-8-18(38-17)33-14-29-19-20(27-13-28-21(19)33)31-23(35)30-15-3-5-16(6-4-15)39(36,37)32(11-9-24)12-10-25/h3-6,13-14,17-18H,2,7-12H2,1H3,(H,26,34)(H2,27,28,30,31,35)/t17-,18+/m0/s1. The van der Waals surface area contributed by atoms with Gasteiger partial charge in [-0.25, -0.2) is 28.2 Å². The fourth-order valence-electron chi connectivity index (χ4n) is 4.13. The number of hydrogen-bond donors (Lipinski definition) is 3. The first-order chi connectivity index (χ1) is 18.8. The number of imidazole rings is 1. The fourth-order valence-corrected chi connectivity index (χ4v) is 6.18. The quantitative estimate of drug-likeness (QED) is 0.284. The summed E-state index contributed by atoms with van der Waals surface area (Å²) in [7, 11) is -3.78. The maximum atomic E-state index is 12.8. The minimum atomic E-state index is -3.78. The van der Waals surface area contributed by atoms with Crippen LogP contribution < -0.4 is 16.0 Å². The van der Waals surface area contributed by atoms with Crippen LogP contribution in [0.5, 0.6) is 0 Å². The van der Waals surface area contributed by atoms with Crippen LogP contribution in [-0.2, 0) is 19.6 Å². The van der Waals surface area contributed by atoms with Gasteiger partial charge in [-0.05, 0) is 44.0 Å². The van der Waals surface area contributed by atoms with Crippen LogP contribution >= 0.6 is 23.2 Å². The van der Waals surface area contributed by atoms with Crippen molar-refractivity contribution in [2.24, 2.45) is 0 Å². The largest absolute Gasteiger partial charge is 0.354 e. The number of aromatic nitrogens is 4. The summed E-state index contributed by atoms with van der Waals surface area (Å²) in [6, 6.07) is 5.11. The summed E-state index contributed by atoms with van der Waals surface area (Å²) in [5.41, 5.74) is 1.15. The number of benzene rings is 1. The predicted octanol–water partition coefficient (Wildman–Crippen LogP) is 2.75. The molecule has 4 rings (SSSR count). The number of halogens is 2. The molecular formula is C23H28Cl2N8O5S. The molecule has 0 bridgehead atoms. The van der Waals surface area contributed by atoms with E-state index < -0.39 is 28.4 Å². The zero-order valence-corrected chi connectivity index (χ0v) is 23.3. The summed E-state index contributed by atoms with van der Waals surface area (Å²) < 4.78 is 34.5. The van der Waals surface area contributed by atoms with Crippen LogP contribution in [0.4, 0.5) is 16.3 Å². The Bertz CT molecular complexity index is 1410. The number of carbonyl (C=O) groups excluding carboxylic acids is 2. The first-order valence-corrected chi connectivity index (χ1v) is 14.7. The average molecular weight is 600 g/mol. The van der Waals surface area contributed by atoms with Crippen molar-refractivity contribution < 1.29 is 22.7 Å². The molecule has 210 valence electrons. The Morgan fingerprint density at radius 2 is 1.79 bits per heavy atom. The van der Waals surface area contributed by atoms with E-state index >= 15 is 0 Å². The van der Waals surface area contributed by atoms with Crippen molar-refractivity contribution >= 4 is 67.8 Å². The molecule has 3 aromatic rings. The van der Waals surface area contributed by atoms with Crippen LogP contribution in [0, 0.1) is 0 Å². The third-order valence-corrected chi connectivity index (χ3v) is 8.21. The van der Waals surface area contributed by atoms with E-state index in [4.69, 9.17) is 27.9 Å². The number of rotatable bonds is 11. The lowest BCUT2D eigenvalue weighted by atomic mass is 10.2. The molecule has 0 spiro atoms. The highest BCUT2D eigenvalue weighted by molar-refractivity contribution is 7.89. The number of urea groups is 1. The number of amides is 3. The number of nitrogens with one attached hydrogen (secondary N) is 3. The molecule has 3 heterocycles. The number of fused-ring (bicyclic) bond motifs is 1. The van der Waals surface area contributed by atoms with Crippen molar-refractivity contribution in [3.05, 3.63) is 36.9 Å². The van der Waals surface area contributed by atoms with Crippen LogP contribution in [0.25, 0.3) is 11.2 Å². The molecule has 0 radical (unpaired) electrons. The number of hydrogen-bond acceptors (Lipinski definition) is 8. The SMILES string of the molecule is CCNC(=O)[C@@H]1CC[C@H](n2cnc3c(NC(=O)Nc4ccc(S(=O)(=O)N(CCCl)CCCl)cc4)ncnc32)O1. The van der Waals surface area contributed by atoms with E-state index in [-0.39, 0.29) is 41.5 Å². The molecule has 1 saturated heterocycles. The number of anilines is 2. The molecule has 1 aliphatic rings. The van der Waals surface area contributed by atoms with Crippen molar-refractivity contribution in [1.29, 1.82) is 0 Å². The van der Waals surface area contributed by atoms with E-state index in [1.54, 1.807) is 4.57 Å². The van der Waals surface area contributed by atoms with E-state index in [1.807, 2.05) is 6.92 Å². The molecule has 1 aromatic carbocycles. The van der Waals surface area contributed by atoms with Gasteiger partial charge in [0, 0.05) is 37.1 Å². The zero-order valence-electron chi connectivity index (χ0n) is 21.0. The van der Waals surface area contributed by atoms with Gasteiger partial charge in [-0.1, -0.05) is 0 Å². The lowest BCUT2D eigenvalue weighted by molar-refractivity contribution is -0.133. The van der Waals surface area contributed by atoms with E-state index in [1.165, 1.54) is 41.2 Å². The van der Waals surface area contributed by atoms with Gasteiger partial charge < -0.3 is 15.4 Å². The highest BCUT2D eigenvalue weighted by Gasteiger charge is 2.32. The number of carbonyl (C=O) groups is 2. The van der Waals surface area contributed by atoms with Crippen molar-refractivity contribution in [2.75, 3.05) is 42.0 Å². The molecule has 2 atom stereocenters. The van der Waals surface area contributed by atoms with Crippen molar-refractivity contribution in [3.8, 4) is 0 Å². The van der Waals surface area contributed by atoms with E-state index in [2.05, 4.69) is 30.9 Å². The molecule has 13 nitrogen and oxygen atoms in total. The molecular weight excluding hydrogens is 571 g/mol. The van der Waals surface area contributed by atoms with Gasteiger partial charge in [0.25, 0.3) is 0 Å². The normalized spacial score (nSPS) is 17.4. The number of sulfonamides is 1. The summed E-state index contributed by atoms with van der Waals surface area (Å²) >= 11 is 11.5. The monoisotopic (exact) mass is 598 g/mol. The maximum Gasteiger partial charge on any atom is 0.324 e. The topological polar surface area (TPSA) is 160 Å². The minimum absolute atomic E-state index is 0.0512. The first-order valence-electron chi connectivity index (χ1n) is 12.2. The molecule has 3 amide bonds. The lowest BCUT2D eigenvalue weighted by Gasteiger charge is -2.20. The molecule has 3 N–H and O–H groups in total. The molecule has 0 aliphatic carbocycles. The van der Waals surface area contributed by atoms with Crippen LogP contribution in [-0.4, -0.2) is 81.7 Å². The number of nitrogens with zero attached hydrogens (tertiary/aromatic N) is 5. The van der Waals surface area contributed by atoms with Crippen LogP contribution in [0.15, 0.2) is 41.8 Å². The van der Waals surface area contributed by atoms with Crippen molar-refractivity contribution in [1.82, 2.24) is 29.1 Å². The summed E-state index contributed by atoms with van der Waals surface area (Å²) in [6.45, 7) is 2.62. The Morgan fingerprint density at radius 1 is 1.08 bits per heavy atom. The third kappa shape index (κ3) is 6.58. The number of ether oxygens (including phenoxy) is 1. The Kier molecular flexibility index (Phi) is 9.56. The second-order valence-corrected chi connectivity index (χ2v) is 11.2. The van der Waals surface area contributed by atoms with Crippen molar-refractivity contribution in [3.63, 3.8) is 0 Å². The molecule has 0 saturated carbocycles. The van der Waals surface area contributed by atoms with Gasteiger partial charge in [0.2, 0.25) is 15.9 Å². The predicted molar refractivity (Wildman–Crippen MR) is 146 cm³/mol. The van der Waals surface area contributed by atoms with Gasteiger partial charge in [-0.3, -0.25) is 14.7 Å². The Hall–Kier alpha value is -3.04. The van der Waals surface area contributed by atoms with Crippen LogP contribution in [0.1, 0.15) is 26.0 Å². The van der Waals surface area contributed by atoms with E-state index in [0.717, 1.165) is 0 Å². The second-order valence-electron chi connectivity index (χ2n) is 8.48. The third-order valence-electron chi connectivity index (χ3n) is 5.96. The van der Waals surface area contributed by atoms with Gasteiger partial charge in [0.15, 0.2) is 17.0 Å². The minimum Gasteiger partial charge on any atom is -0.354 e. The molecule has 39 heavy (non-hydrogen) atoms. The molecule has 0 unspecified atom stereocenters. The van der Waals surface area contributed by atoms with Crippen molar-refractivity contribution in [2.45, 2.75) is 37.0 Å². The van der Waals surface area contributed by atoms with Gasteiger partial charge >= 0.3 is 6.03 Å². The highest BCUT2D eigenvalue weighted by atomic mass is 35.5. The lowest BCUT2D eigenvalue weighted by Crippen LogP contribution is -2.34. The van der Waals surface area contributed by atoms with Crippen LogP contribution in [0.3, 0.4) is 0 Å². The van der Waals surface area contributed by atoms with Gasteiger partial charge in [-0.2, -0.15) is 4.31 Å². The molecule has 2 aromatic heterocycles. The molecule has 16 heteroatoms. The Balaban J connectivity index is 1.43. The van der Waals surface area contributed by atoms with E-state index in [0.29, 0.717) is 36.2 Å². The van der Waals surface area contributed by atoms with Crippen LogP contribution in [0.2, 0.25) is 0 Å². The summed E-state index contributed by atoms with van der Waals surface area (Å²) in [6.07, 6.45) is 3.00. The van der Waals surface area contributed by atoms with Gasteiger partial charge in [0.1, 0.15) is 18.7 Å². The van der Waals surface area contributed by atoms with E-state index in [9.17, 15) is 18.0 Å². The second kappa shape index (κ2) is 12.9. The molecule has 1 aliphatic heterocycles. The highest BCUT2D eigenvalue weighted by Crippen LogP contribution is 2.31. The zero-order chi connectivity index (χ0) is 28.0. The average Bonchev–Trinajstić information content (AvgIpc) is 3.57. The van der Waals surface area contributed by atoms with Gasteiger partial charge in [-0.15, -0.1) is 23.2 Å². The summed E-state index contributed by atoms with van der Waals surface area (Å²) in [5, 5.41) is 8.04. The van der Waals surface area contributed by atoms with Gasteiger partial charge in [0.05, 0.1) is 11.2 Å². The Morgan fingerprint density at radius 3 is 2.46 bits per heavy atom. The fraction of sp³-hybridized carbons (Fsp3) is 0.435. The molecule has 1 fully saturated rings.